The summed E-state index contributed by atoms with van der Waals surface area (Å²) < 4.78 is 5.51. The molecule has 0 radical (unpaired) electrons. The van der Waals surface area contributed by atoms with Crippen molar-refractivity contribution in [1.82, 2.24) is 5.32 Å². The highest BCUT2D eigenvalue weighted by Gasteiger charge is 2.20. The summed E-state index contributed by atoms with van der Waals surface area (Å²) in [4.78, 5) is 24.7. The normalized spacial score (nSPS) is 12.5. The van der Waals surface area contributed by atoms with Crippen LogP contribution in [0.5, 0.6) is 0 Å². The number of nitrogens with one attached hydrogen (secondary N) is 1. The first-order chi connectivity index (χ1) is 41.5. The second-order valence-electron chi connectivity index (χ2n) is 27.0. The van der Waals surface area contributed by atoms with Gasteiger partial charge in [-0.2, -0.15) is 0 Å². The van der Waals surface area contributed by atoms with Gasteiger partial charge in [-0.3, -0.25) is 9.59 Å². The maximum absolute atomic E-state index is 12.6. The van der Waals surface area contributed by atoms with E-state index in [9.17, 15) is 19.8 Å². The lowest BCUT2D eigenvalue weighted by Gasteiger charge is -2.22. The van der Waals surface area contributed by atoms with Gasteiger partial charge in [-0.25, -0.2) is 0 Å². The van der Waals surface area contributed by atoms with Crippen molar-refractivity contribution in [3.8, 4) is 0 Å². The predicted octanol–water partition coefficient (Wildman–Crippen LogP) is 25.5. The van der Waals surface area contributed by atoms with E-state index < -0.39 is 12.1 Å². The fourth-order valence-corrected chi connectivity index (χ4v) is 12.6. The molecule has 0 aliphatic heterocycles. The van der Waals surface area contributed by atoms with Crippen molar-refractivity contribution >= 4 is 11.9 Å². The number of aliphatic hydroxyl groups excluding tert-OH is 2. The van der Waals surface area contributed by atoms with Gasteiger partial charge in [0, 0.05) is 12.8 Å². The number of ether oxygens (including phenoxy) is 1. The van der Waals surface area contributed by atoms with Crippen molar-refractivity contribution in [2.45, 2.75) is 463 Å². The first-order valence-corrected chi connectivity index (χ1v) is 38.9. The third-order valence-corrected chi connectivity index (χ3v) is 18.6. The van der Waals surface area contributed by atoms with Crippen molar-refractivity contribution < 1.29 is 24.5 Å². The largest absolute Gasteiger partial charge is 0.466 e. The molecule has 1 amide bonds. The highest BCUT2D eigenvalue weighted by Crippen LogP contribution is 2.20. The molecule has 0 spiro atoms. The number of carbonyl (C=O) groups is 2. The minimum Gasteiger partial charge on any atom is -0.466 e. The fraction of sp³-hybridized carbons (Fsp3) is 0.949. The number of carbonyl (C=O) groups excluding carboxylic acids is 2. The van der Waals surface area contributed by atoms with Gasteiger partial charge >= 0.3 is 5.97 Å². The van der Waals surface area contributed by atoms with E-state index in [0.29, 0.717) is 25.9 Å². The van der Waals surface area contributed by atoms with Crippen molar-refractivity contribution in [3.05, 3.63) is 12.2 Å². The Hall–Kier alpha value is -1.40. The van der Waals surface area contributed by atoms with Crippen LogP contribution in [0.1, 0.15) is 450 Å². The Bertz CT molecular complexity index is 1270. The molecule has 0 bridgehead atoms. The fourth-order valence-electron chi connectivity index (χ4n) is 12.6. The Morgan fingerprint density at radius 3 is 0.845 bits per heavy atom. The van der Waals surface area contributed by atoms with Crippen LogP contribution in [0.3, 0.4) is 0 Å². The standard InChI is InChI=1S/C78H153NO5/c1-3-5-7-9-11-13-15-17-19-21-22-23-24-29-32-35-39-42-46-50-54-58-62-66-70-76(81)75(74-80)79-77(82)71-67-63-59-55-51-47-43-40-36-33-30-27-25-26-28-31-34-37-41-45-49-53-57-61-65-69-73-84-78(83)72-68-64-60-56-52-48-44-38-20-18-16-14-12-10-8-6-4-2/h18,20,75-76,80-81H,3-17,19,21-74H2,1-2H3,(H,79,82)/b20-18-. The minimum absolute atomic E-state index is 0.0154. The molecule has 0 rings (SSSR count). The summed E-state index contributed by atoms with van der Waals surface area (Å²) in [6.07, 6.45) is 92.9. The van der Waals surface area contributed by atoms with Crippen LogP contribution in [-0.4, -0.2) is 47.4 Å². The zero-order valence-electron chi connectivity index (χ0n) is 57.4. The van der Waals surface area contributed by atoms with E-state index in [4.69, 9.17) is 4.74 Å². The number of esters is 1. The molecule has 3 N–H and O–H groups in total. The van der Waals surface area contributed by atoms with Crippen LogP contribution in [0, 0.1) is 0 Å². The second kappa shape index (κ2) is 74.1. The molecule has 0 heterocycles. The molecular weight excluding hydrogens is 1030 g/mol. The van der Waals surface area contributed by atoms with Gasteiger partial charge in [-0.15, -0.1) is 0 Å². The lowest BCUT2D eigenvalue weighted by molar-refractivity contribution is -0.143. The van der Waals surface area contributed by atoms with E-state index >= 15 is 0 Å². The molecule has 500 valence electrons. The lowest BCUT2D eigenvalue weighted by Crippen LogP contribution is -2.45. The molecule has 0 aliphatic carbocycles. The molecule has 0 saturated heterocycles. The third kappa shape index (κ3) is 69.7. The summed E-state index contributed by atoms with van der Waals surface area (Å²) in [6, 6.07) is -0.541. The smallest absolute Gasteiger partial charge is 0.305 e. The summed E-state index contributed by atoms with van der Waals surface area (Å²) in [7, 11) is 0. The molecule has 0 aromatic rings. The number of unbranched alkanes of at least 4 members (excludes halogenated alkanes) is 61. The van der Waals surface area contributed by atoms with E-state index in [1.54, 1.807) is 0 Å². The average Bonchev–Trinajstić information content (AvgIpc) is 3.51. The van der Waals surface area contributed by atoms with Gasteiger partial charge in [0.2, 0.25) is 5.91 Å². The van der Waals surface area contributed by atoms with Crippen LogP contribution in [-0.2, 0) is 14.3 Å². The van der Waals surface area contributed by atoms with Gasteiger partial charge in [0.05, 0.1) is 25.4 Å². The molecule has 0 aliphatic rings. The number of allylic oxidation sites excluding steroid dienone is 2. The zero-order chi connectivity index (χ0) is 60.6. The molecule has 2 unspecified atom stereocenters. The first-order valence-electron chi connectivity index (χ1n) is 38.9. The Morgan fingerprint density at radius 1 is 0.321 bits per heavy atom. The van der Waals surface area contributed by atoms with E-state index in [0.717, 1.165) is 44.9 Å². The molecule has 84 heavy (non-hydrogen) atoms. The van der Waals surface area contributed by atoms with Crippen LogP contribution >= 0.6 is 0 Å². The van der Waals surface area contributed by atoms with E-state index in [1.807, 2.05) is 0 Å². The van der Waals surface area contributed by atoms with Crippen molar-refractivity contribution in [2.75, 3.05) is 13.2 Å². The molecule has 0 aromatic carbocycles. The lowest BCUT2D eigenvalue weighted by atomic mass is 10.0. The van der Waals surface area contributed by atoms with Gasteiger partial charge in [-0.1, -0.05) is 398 Å². The average molecular weight is 1190 g/mol. The monoisotopic (exact) mass is 1180 g/mol. The van der Waals surface area contributed by atoms with E-state index in [2.05, 4.69) is 31.3 Å². The third-order valence-electron chi connectivity index (χ3n) is 18.6. The van der Waals surface area contributed by atoms with Gasteiger partial charge in [0.1, 0.15) is 0 Å². The van der Waals surface area contributed by atoms with Crippen molar-refractivity contribution in [3.63, 3.8) is 0 Å². The topological polar surface area (TPSA) is 95.9 Å². The zero-order valence-corrected chi connectivity index (χ0v) is 57.4. The number of hydrogen-bond acceptors (Lipinski definition) is 5. The molecule has 2 atom stereocenters. The maximum atomic E-state index is 12.6. The predicted molar refractivity (Wildman–Crippen MR) is 370 cm³/mol. The van der Waals surface area contributed by atoms with Crippen LogP contribution in [0.25, 0.3) is 0 Å². The molecular formula is C78H153NO5. The highest BCUT2D eigenvalue weighted by molar-refractivity contribution is 5.76. The van der Waals surface area contributed by atoms with Crippen LogP contribution < -0.4 is 5.32 Å². The molecule has 6 heteroatoms. The Labute approximate surface area is 527 Å². The number of aliphatic hydroxyl groups is 2. The Morgan fingerprint density at radius 2 is 0.560 bits per heavy atom. The van der Waals surface area contributed by atoms with Gasteiger partial charge in [0.25, 0.3) is 0 Å². The Balaban J connectivity index is 3.35. The van der Waals surface area contributed by atoms with Gasteiger partial charge in [0.15, 0.2) is 0 Å². The quantitative estimate of drug-likeness (QED) is 0.0320. The molecule has 0 fully saturated rings. The minimum atomic E-state index is -0.664. The first kappa shape index (κ1) is 82.6. The SMILES string of the molecule is CCCCCCCC/C=C\CCCCCCCCCC(=O)OCCCCCCCCCCCCCCCCCCCCCCCCCCCCC(=O)NC(CO)C(O)CCCCCCCCCCCCCCCCCCCCCCCCCC. The molecule has 0 aromatic heterocycles. The van der Waals surface area contributed by atoms with Gasteiger partial charge in [-0.05, 0) is 51.4 Å². The number of rotatable bonds is 74. The Kier molecular flexibility index (Phi) is 72.8. The summed E-state index contributed by atoms with van der Waals surface area (Å²) >= 11 is 0. The van der Waals surface area contributed by atoms with Crippen LogP contribution in [0.4, 0.5) is 0 Å². The van der Waals surface area contributed by atoms with Crippen molar-refractivity contribution in [2.24, 2.45) is 0 Å². The summed E-state index contributed by atoms with van der Waals surface area (Å²) in [5.41, 5.74) is 0. The number of hydrogen-bond donors (Lipinski definition) is 3. The summed E-state index contributed by atoms with van der Waals surface area (Å²) in [5, 5.41) is 23.5. The van der Waals surface area contributed by atoms with Crippen molar-refractivity contribution in [1.29, 1.82) is 0 Å². The van der Waals surface area contributed by atoms with Crippen LogP contribution in [0.2, 0.25) is 0 Å². The van der Waals surface area contributed by atoms with E-state index in [-0.39, 0.29) is 18.5 Å². The molecule has 6 nitrogen and oxygen atoms in total. The maximum Gasteiger partial charge on any atom is 0.305 e. The number of amides is 1. The molecule has 0 saturated carbocycles. The highest BCUT2D eigenvalue weighted by atomic mass is 16.5. The van der Waals surface area contributed by atoms with Crippen LogP contribution in [0.15, 0.2) is 12.2 Å². The van der Waals surface area contributed by atoms with E-state index in [1.165, 1.54) is 372 Å². The second-order valence-corrected chi connectivity index (χ2v) is 27.0. The summed E-state index contributed by atoms with van der Waals surface area (Å²) in [5.74, 6) is -0.0113. The van der Waals surface area contributed by atoms with Gasteiger partial charge < -0.3 is 20.3 Å². The summed E-state index contributed by atoms with van der Waals surface area (Å²) in [6.45, 7) is 5.00.